The van der Waals surface area contributed by atoms with Crippen molar-refractivity contribution in [3.8, 4) is 67.4 Å². The van der Waals surface area contributed by atoms with Crippen molar-refractivity contribution in [2.75, 3.05) is 0 Å². The second-order valence-electron chi connectivity index (χ2n) is 16.2. The van der Waals surface area contributed by atoms with Crippen molar-refractivity contribution < 1.29 is 0 Å². The van der Waals surface area contributed by atoms with Gasteiger partial charge in [-0.2, -0.15) is 0 Å². The number of pyridine rings is 1. The highest BCUT2D eigenvalue weighted by Gasteiger charge is 2.46. The molecule has 12 rings (SSSR count). The van der Waals surface area contributed by atoms with Crippen molar-refractivity contribution in [2.45, 2.75) is 5.41 Å². The number of fused-ring (bicyclic) bond motifs is 6. The summed E-state index contributed by atoms with van der Waals surface area (Å²) in [6, 6.07) is 84.5. The van der Waals surface area contributed by atoms with Gasteiger partial charge in [-0.25, -0.2) is 15.0 Å². The van der Waals surface area contributed by atoms with Gasteiger partial charge in [0.15, 0.2) is 5.82 Å². The summed E-state index contributed by atoms with van der Waals surface area (Å²) in [5.74, 6) is 0.686. The maximum Gasteiger partial charge on any atom is 0.160 e. The van der Waals surface area contributed by atoms with Crippen molar-refractivity contribution in [1.29, 1.82) is 0 Å². The van der Waals surface area contributed by atoms with E-state index in [1.807, 2.05) is 18.2 Å². The van der Waals surface area contributed by atoms with E-state index in [-0.39, 0.29) is 0 Å². The van der Waals surface area contributed by atoms with E-state index in [2.05, 4.69) is 218 Å². The molecular formula is C60H39N3. The molecule has 0 saturated carbocycles. The fourth-order valence-corrected chi connectivity index (χ4v) is 9.99. The normalized spacial score (nSPS) is 12.6. The zero-order valence-corrected chi connectivity index (χ0v) is 34.4. The summed E-state index contributed by atoms with van der Waals surface area (Å²) in [5.41, 5.74) is 16.7. The smallest absolute Gasteiger partial charge is 0.160 e. The van der Waals surface area contributed by atoms with E-state index in [0.29, 0.717) is 5.82 Å². The topological polar surface area (TPSA) is 38.7 Å². The van der Waals surface area contributed by atoms with Crippen LogP contribution in [0.1, 0.15) is 22.3 Å². The zero-order chi connectivity index (χ0) is 41.7. The molecule has 3 heteroatoms. The van der Waals surface area contributed by atoms with Crippen LogP contribution >= 0.6 is 0 Å². The zero-order valence-electron chi connectivity index (χ0n) is 34.4. The average molecular weight is 802 g/mol. The number of hydrogen-bond donors (Lipinski definition) is 0. The monoisotopic (exact) mass is 801 g/mol. The van der Waals surface area contributed by atoms with E-state index in [9.17, 15) is 0 Å². The highest BCUT2D eigenvalue weighted by Crippen LogP contribution is 2.57. The molecular weight excluding hydrogens is 763 g/mol. The molecule has 0 aliphatic heterocycles. The first-order chi connectivity index (χ1) is 31.3. The van der Waals surface area contributed by atoms with Gasteiger partial charge in [0.25, 0.3) is 0 Å². The average Bonchev–Trinajstić information content (AvgIpc) is 3.66. The minimum atomic E-state index is -0.541. The molecule has 3 nitrogen and oxygen atoms in total. The third-order valence-corrected chi connectivity index (χ3v) is 12.7. The van der Waals surface area contributed by atoms with Crippen LogP contribution < -0.4 is 0 Å². The third kappa shape index (κ3) is 5.93. The summed E-state index contributed by atoms with van der Waals surface area (Å²) in [6.45, 7) is 0. The molecule has 0 amide bonds. The van der Waals surface area contributed by atoms with E-state index < -0.39 is 5.41 Å². The lowest BCUT2D eigenvalue weighted by Crippen LogP contribution is -2.28. The summed E-state index contributed by atoms with van der Waals surface area (Å²) in [6.07, 6.45) is 0. The van der Waals surface area contributed by atoms with Gasteiger partial charge in [-0.15, -0.1) is 0 Å². The van der Waals surface area contributed by atoms with Crippen LogP contribution in [0.3, 0.4) is 0 Å². The molecule has 2 heterocycles. The second-order valence-corrected chi connectivity index (χ2v) is 16.2. The van der Waals surface area contributed by atoms with E-state index >= 15 is 0 Å². The second kappa shape index (κ2) is 15.0. The molecule has 0 N–H and O–H groups in total. The third-order valence-electron chi connectivity index (χ3n) is 12.7. The van der Waals surface area contributed by atoms with Gasteiger partial charge in [-0.3, -0.25) is 0 Å². The summed E-state index contributed by atoms with van der Waals surface area (Å²) in [7, 11) is 0. The first-order valence-corrected chi connectivity index (χ1v) is 21.5. The summed E-state index contributed by atoms with van der Waals surface area (Å²) < 4.78 is 0. The number of hydrogen-bond acceptors (Lipinski definition) is 3. The Morgan fingerprint density at radius 3 is 1.43 bits per heavy atom. The Labute approximate surface area is 366 Å². The molecule has 63 heavy (non-hydrogen) atoms. The quantitative estimate of drug-likeness (QED) is 0.151. The van der Waals surface area contributed by atoms with Gasteiger partial charge in [-0.05, 0) is 68.6 Å². The van der Waals surface area contributed by atoms with Gasteiger partial charge < -0.3 is 0 Å². The number of rotatable bonds is 7. The number of benzene rings is 9. The minimum absolute atomic E-state index is 0.541. The Morgan fingerprint density at radius 1 is 0.286 bits per heavy atom. The van der Waals surface area contributed by atoms with E-state index in [0.717, 1.165) is 66.8 Å². The Kier molecular flexibility index (Phi) is 8.72. The van der Waals surface area contributed by atoms with Crippen LogP contribution in [0.5, 0.6) is 0 Å². The van der Waals surface area contributed by atoms with Crippen molar-refractivity contribution in [3.63, 3.8) is 0 Å². The number of para-hydroxylation sites is 1. The minimum Gasteiger partial charge on any atom is -0.247 e. The van der Waals surface area contributed by atoms with Crippen LogP contribution in [-0.4, -0.2) is 15.0 Å². The van der Waals surface area contributed by atoms with E-state index in [1.165, 1.54) is 38.8 Å². The molecule has 0 unspecified atom stereocenters. The molecule has 1 aliphatic rings. The molecule has 0 radical (unpaired) electrons. The highest BCUT2D eigenvalue weighted by molar-refractivity contribution is 6.14. The van der Waals surface area contributed by atoms with Gasteiger partial charge in [-0.1, -0.05) is 212 Å². The molecule has 294 valence electrons. The largest absolute Gasteiger partial charge is 0.247 e. The lowest BCUT2D eigenvalue weighted by atomic mass is 9.67. The van der Waals surface area contributed by atoms with Gasteiger partial charge in [0.2, 0.25) is 0 Å². The van der Waals surface area contributed by atoms with Crippen LogP contribution in [0, 0.1) is 0 Å². The lowest BCUT2D eigenvalue weighted by molar-refractivity contribution is 0.769. The lowest BCUT2D eigenvalue weighted by Gasteiger charge is -2.34. The van der Waals surface area contributed by atoms with Crippen molar-refractivity contribution in [2.24, 2.45) is 0 Å². The van der Waals surface area contributed by atoms with Gasteiger partial charge in [0.1, 0.15) is 0 Å². The van der Waals surface area contributed by atoms with E-state index in [4.69, 9.17) is 15.0 Å². The molecule has 0 spiro atoms. The van der Waals surface area contributed by atoms with Gasteiger partial charge in [0, 0.05) is 38.6 Å². The Morgan fingerprint density at radius 2 is 0.794 bits per heavy atom. The van der Waals surface area contributed by atoms with E-state index in [1.54, 1.807) is 0 Å². The number of aromatic nitrogens is 3. The van der Waals surface area contributed by atoms with Crippen molar-refractivity contribution >= 4 is 21.7 Å². The fourth-order valence-electron chi connectivity index (χ4n) is 9.99. The standard InChI is InChI=1S/C60H39N3/c1-6-21-40(22-7-1)57-55(58(41-23-8-2-9-24-41)63-59(62-57)42-25-10-3-11-26-42)43-27-20-28-44(37-43)56-51-39-53-50(38-49(51)48-34-17-19-36-54(48)61-56)47-33-16-18-35-52(47)60(53,45-29-12-4-13-30-45)46-31-14-5-15-32-46/h1-39H. The molecule has 0 saturated heterocycles. The first-order valence-electron chi connectivity index (χ1n) is 21.5. The molecule has 0 bridgehead atoms. The first kappa shape index (κ1) is 36.6. The molecule has 0 fully saturated rings. The Balaban J connectivity index is 1.15. The Bertz CT molecular complexity index is 3380. The van der Waals surface area contributed by atoms with Crippen molar-refractivity contribution in [3.05, 3.63) is 259 Å². The molecule has 11 aromatic rings. The summed E-state index contributed by atoms with van der Waals surface area (Å²) in [4.78, 5) is 16.3. The predicted octanol–water partition coefficient (Wildman–Crippen LogP) is 14.9. The molecule has 1 aliphatic carbocycles. The molecule has 0 atom stereocenters. The van der Waals surface area contributed by atoms with Gasteiger partial charge in [0.05, 0.1) is 28.0 Å². The summed E-state index contributed by atoms with van der Waals surface area (Å²) in [5, 5.41) is 3.42. The van der Waals surface area contributed by atoms with Crippen molar-refractivity contribution in [1.82, 2.24) is 15.0 Å². The maximum absolute atomic E-state index is 5.56. The van der Waals surface area contributed by atoms with Crippen LogP contribution in [0.25, 0.3) is 89.1 Å². The highest BCUT2D eigenvalue weighted by atomic mass is 14.9. The van der Waals surface area contributed by atoms with Crippen LogP contribution in [0.2, 0.25) is 0 Å². The maximum atomic E-state index is 5.56. The fraction of sp³-hybridized carbons (Fsp3) is 0.0167. The van der Waals surface area contributed by atoms with Gasteiger partial charge >= 0.3 is 0 Å². The van der Waals surface area contributed by atoms with Crippen LogP contribution in [0.15, 0.2) is 237 Å². The van der Waals surface area contributed by atoms with Crippen LogP contribution in [0.4, 0.5) is 0 Å². The summed E-state index contributed by atoms with van der Waals surface area (Å²) >= 11 is 0. The molecule has 9 aromatic carbocycles. The Hall–Kier alpha value is -8.27. The molecule has 2 aromatic heterocycles. The predicted molar refractivity (Wildman–Crippen MR) is 259 cm³/mol. The SMILES string of the molecule is c1ccc(-c2nc(-c3ccccc3)c(-c3cccc(-c4nc5ccccc5c5cc6c(cc45)C(c4ccccc4)(c4ccccc4)c4ccccc4-6)c3)c(-c3ccccc3)n2)cc1. The van der Waals surface area contributed by atoms with Crippen LogP contribution in [-0.2, 0) is 5.41 Å². The number of nitrogens with zero attached hydrogens (tertiary/aromatic N) is 3.